The maximum atomic E-state index is 13.5. The van der Waals surface area contributed by atoms with Gasteiger partial charge in [-0.1, -0.05) is 53.8 Å². The van der Waals surface area contributed by atoms with Crippen molar-refractivity contribution in [1.29, 1.82) is 0 Å². The SMILES string of the molecule is COc1ccc2nc(N(Cc3ccco3)C(=O)Cc3cccc4ccccc34)sc2c1. The van der Waals surface area contributed by atoms with Crippen molar-refractivity contribution in [2.45, 2.75) is 13.0 Å². The van der Waals surface area contributed by atoms with Crippen molar-refractivity contribution < 1.29 is 13.9 Å². The maximum Gasteiger partial charge on any atom is 0.233 e. The van der Waals surface area contributed by atoms with Crippen LogP contribution in [0.2, 0.25) is 0 Å². The molecule has 0 fully saturated rings. The van der Waals surface area contributed by atoms with Crippen LogP contribution in [0.25, 0.3) is 21.0 Å². The molecule has 5 rings (SSSR count). The van der Waals surface area contributed by atoms with E-state index < -0.39 is 0 Å². The number of anilines is 1. The fourth-order valence-corrected chi connectivity index (χ4v) is 4.67. The Hall–Kier alpha value is -3.64. The molecule has 0 spiro atoms. The molecule has 0 saturated heterocycles. The number of ether oxygens (including phenoxy) is 1. The molecular formula is C25H20N2O3S. The summed E-state index contributed by atoms with van der Waals surface area (Å²) in [6, 6.07) is 23.6. The third-order valence-corrected chi connectivity index (χ3v) is 6.27. The van der Waals surface area contributed by atoms with Crippen molar-refractivity contribution in [3.05, 3.63) is 90.4 Å². The molecule has 1 amide bonds. The molecule has 2 heterocycles. The number of nitrogens with zero attached hydrogens (tertiary/aromatic N) is 2. The number of fused-ring (bicyclic) bond motifs is 2. The third-order valence-electron chi connectivity index (χ3n) is 5.23. The molecule has 0 radical (unpaired) electrons. The Morgan fingerprint density at radius 1 is 1.06 bits per heavy atom. The van der Waals surface area contributed by atoms with Gasteiger partial charge in [-0.05, 0) is 46.7 Å². The predicted octanol–water partition coefficient (Wildman–Crippen LogP) is 5.83. The van der Waals surface area contributed by atoms with E-state index in [0.29, 0.717) is 17.4 Å². The molecule has 0 bridgehead atoms. The van der Waals surface area contributed by atoms with E-state index in [4.69, 9.17) is 14.1 Å². The van der Waals surface area contributed by atoms with Gasteiger partial charge < -0.3 is 9.15 Å². The highest BCUT2D eigenvalue weighted by atomic mass is 32.1. The molecule has 0 atom stereocenters. The van der Waals surface area contributed by atoms with Gasteiger partial charge in [0.25, 0.3) is 0 Å². The van der Waals surface area contributed by atoms with Gasteiger partial charge in [0.15, 0.2) is 5.13 Å². The number of hydrogen-bond acceptors (Lipinski definition) is 5. The van der Waals surface area contributed by atoms with Crippen LogP contribution in [0.15, 0.2) is 83.5 Å². The Bertz CT molecular complexity index is 1350. The normalized spacial score (nSPS) is 11.1. The minimum Gasteiger partial charge on any atom is -0.497 e. The number of thiazole rings is 1. The number of carbonyl (C=O) groups is 1. The molecule has 0 aliphatic rings. The smallest absolute Gasteiger partial charge is 0.233 e. The lowest BCUT2D eigenvalue weighted by atomic mass is 10.0. The number of benzene rings is 3. The van der Waals surface area contributed by atoms with Gasteiger partial charge in [0.05, 0.1) is 36.6 Å². The molecule has 154 valence electrons. The quantitative estimate of drug-likeness (QED) is 0.342. The molecule has 31 heavy (non-hydrogen) atoms. The van der Waals surface area contributed by atoms with Gasteiger partial charge in [0.1, 0.15) is 11.5 Å². The first-order valence-electron chi connectivity index (χ1n) is 9.95. The molecule has 6 heteroatoms. The zero-order valence-corrected chi connectivity index (χ0v) is 17.8. The first kappa shape index (κ1) is 19.3. The van der Waals surface area contributed by atoms with Crippen LogP contribution in [0.5, 0.6) is 5.75 Å². The Kier molecular flexibility index (Phi) is 5.14. The topological polar surface area (TPSA) is 55.6 Å². The minimum absolute atomic E-state index is 0.0289. The molecular weight excluding hydrogens is 408 g/mol. The van der Waals surface area contributed by atoms with Crippen molar-refractivity contribution >= 4 is 43.4 Å². The van der Waals surface area contributed by atoms with E-state index in [0.717, 1.165) is 32.3 Å². The Morgan fingerprint density at radius 3 is 2.77 bits per heavy atom. The number of hydrogen-bond donors (Lipinski definition) is 0. The lowest BCUT2D eigenvalue weighted by Gasteiger charge is -2.19. The van der Waals surface area contributed by atoms with Crippen LogP contribution in [0.1, 0.15) is 11.3 Å². The van der Waals surface area contributed by atoms with Crippen LogP contribution in [0, 0.1) is 0 Å². The highest BCUT2D eigenvalue weighted by Gasteiger charge is 2.22. The first-order valence-corrected chi connectivity index (χ1v) is 10.8. The molecule has 2 aromatic heterocycles. The van der Waals surface area contributed by atoms with Crippen molar-refractivity contribution in [3.8, 4) is 5.75 Å². The number of methoxy groups -OCH3 is 1. The summed E-state index contributed by atoms with van der Waals surface area (Å²) in [4.78, 5) is 19.9. The van der Waals surface area contributed by atoms with Crippen molar-refractivity contribution in [2.24, 2.45) is 0 Å². The molecule has 5 aromatic rings. The highest BCUT2D eigenvalue weighted by Crippen LogP contribution is 2.33. The number of rotatable bonds is 6. The lowest BCUT2D eigenvalue weighted by Crippen LogP contribution is -2.31. The Labute approximate surface area is 183 Å². The molecule has 0 aliphatic heterocycles. The summed E-state index contributed by atoms with van der Waals surface area (Å²) in [6.07, 6.45) is 1.90. The largest absolute Gasteiger partial charge is 0.497 e. The summed E-state index contributed by atoms with van der Waals surface area (Å²) < 4.78 is 11.8. The predicted molar refractivity (Wildman–Crippen MR) is 124 cm³/mol. The average molecular weight is 429 g/mol. The standard InChI is InChI=1S/C25H20N2O3S/c1-29-19-11-12-22-23(15-19)31-25(26-22)27(16-20-9-5-13-30-20)24(28)14-18-8-4-7-17-6-2-3-10-21(17)18/h2-13,15H,14,16H2,1H3. The van der Waals surface area contributed by atoms with Gasteiger partial charge in [-0.15, -0.1) is 0 Å². The summed E-state index contributed by atoms with van der Waals surface area (Å²) in [6.45, 7) is 0.327. The van der Waals surface area contributed by atoms with Crippen LogP contribution in [0.4, 0.5) is 5.13 Å². The number of aromatic nitrogens is 1. The monoisotopic (exact) mass is 428 g/mol. The van der Waals surface area contributed by atoms with Gasteiger partial charge in [-0.25, -0.2) is 4.98 Å². The van der Waals surface area contributed by atoms with Crippen LogP contribution >= 0.6 is 11.3 Å². The summed E-state index contributed by atoms with van der Waals surface area (Å²) in [5.74, 6) is 1.45. The summed E-state index contributed by atoms with van der Waals surface area (Å²) >= 11 is 1.47. The van der Waals surface area contributed by atoms with Gasteiger partial charge >= 0.3 is 0 Å². The van der Waals surface area contributed by atoms with E-state index in [-0.39, 0.29) is 12.3 Å². The van der Waals surface area contributed by atoms with E-state index in [1.807, 2.05) is 54.6 Å². The average Bonchev–Trinajstić information content (AvgIpc) is 3.46. The summed E-state index contributed by atoms with van der Waals surface area (Å²) in [7, 11) is 1.64. The second-order valence-electron chi connectivity index (χ2n) is 7.20. The summed E-state index contributed by atoms with van der Waals surface area (Å²) in [5, 5.41) is 2.85. The lowest BCUT2D eigenvalue weighted by molar-refractivity contribution is -0.118. The fourth-order valence-electron chi connectivity index (χ4n) is 3.66. The molecule has 0 N–H and O–H groups in total. The van der Waals surface area contributed by atoms with Gasteiger partial charge in [0.2, 0.25) is 5.91 Å². The fraction of sp³-hybridized carbons (Fsp3) is 0.120. The second kappa shape index (κ2) is 8.24. The van der Waals surface area contributed by atoms with Gasteiger partial charge in [-0.2, -0.15) is 0 Å². The summed E-state index contributed by atoms with van der Waals surface area (Å²) in [5.41, 5.74) is 1.83. The maximum absolute atomic E-state index is 13.5. The first-order chi connectivity index (χ1) is 15.2. The number of carbonyl (C=O) groups excluding carboxylic acids is 1. The second-order valence-corrected chi connectivity index (χ2v) is 8.21. The molecule has 0 unspecified atom stereocenters. The van der Waals surface area contributed by atoms with Crippen molar-refractivity contribution in [1.82, 2.24) is 4.98 Å². The van der Waals surface area contributed by atoms with E-state index in [9.17, 15) is 4.79 Å². The van der Waals surface area contributed by atoms with E-state index >= 15 is 0 Å². The van der Waals surface area contributed by atoms with Crippen molar-refractivity contribution in [3.63, 3.8) is 0 Å². The third kappa shape index (κ3) is 3.90. The van der Waals surface area contributed by atoms with Crippen molar-refractivity contribution in [2.75, 3.05) is 12.0 Å². The van der Waals surface area contributed by atoms with Crippen LogP contribution in [-0.4, -0.2) is 18.0 Å². The Morgan fingerprint density at radius 2 is 1.94 bits per heavy atom. The Balaban J connectivity index is 1.52. The van der Waals surface area contributed by atoms with E-state index in [1.54, 1.807) is 18.3 Å². The number of amides is 1. The minimum atomic E-state index is -0.0289. The molecule has 5 nitrogen and oxygen atoms in total. The van der Waals surface area contributed by atoms with Crippen LogP contribution < -0.4 is 9.64 Å². The van der Waals surface area contributed by atoms with Gasteiger partial charge in [-0.3, -0.25) is 9.69 Å². The van der Waals surface area contributed by atoms with Gasteiger partial charge in [0, 0.05) is 0 Å². The molecule has 0 aliphatic carbocycles. The van der Waals surface area contributed by atoms with E-state index in [2.05, 4.69) is 18.2 Å². The molecule has 0 saturated carbocycles. The van der Waals surface area contributed by atoms with Crippen LogP contribution in [0.3, 0.4) is 0 Å². The van der Waals surface area contributed by atoms with E-state index in [1.165, 1.54) is 11.3 Å². The molecule has 3 aromatic carbocycles. The number of furan rings is 1. The van der Waals surface area contributed by atoms with Crippen LogP contribution in [-0.2, 0) is 17.8 Å². The highest BCUT2D eigenvalue weighted by molar-refractivity contribution is 7.22. The zero-order valence-electron chi connectivity index (χ0n) is 16.9. The zero-order chi connectivity index (χ0) is 21.2.